The van der Waals surface area contributed by atoms with Crippen molar-refractivity contribution in [3.63, 3.8) is 0 Å². The molecule has 1 fully saturated rings. The topological polar surface area (TPSA) is 82.4 Å². The molecule has 2 aromatic heterocycles. The Morgan fingerprint density at radius 2 is 2.29 bits per heavy atom. The number of fused-ring (bicyclic) bond motifs is 1. The predicted octanol–water partition coefficient (Wildman–Crippen LogP) is 0.543. The Labute approximate surface area is 97.3 Å². The van der Waals surface area contributed by atoms with Crippen molar-refractivity contribution in [2.75, 3.05) is 6.54 Å². The quantitative estimate of drug-likeness (QED) is 0.672. The predicted molar refractivity (Wildman–Crippen MR) is 62.1 cm³/mol. The number of H-pyrrole nitrogens is 1. The van der Waals surface area contributed by atoms with Gasteiger partial charge in [-0.1, -0.05) is 6.42 Å². The van der Waals surface area contributed by atoms with Crippen molar-refractivity contribution >= 4 is 5.65 Å². The smallest absolute Gasteiger partial charge is 0.254 e. The van der Waals surface area contributed by atoms with Crippen LogP contribution in [-0.4, -0.2) is 26.2 Å². The average molecular weight is 234 g/mol. The molecule has 0 spiro atoms. The number of nitrogens with zero attached hydrogens (tertiary/aromatic N) is 2. The Kier molecular flexibility index (Phi) is 2.36. The van der Waals surface area contributed by atoms with Crippen molar-refractivity contribution in [3.8, 4) is 5.88 Å². The molecule has 1 aliphatic heterocycles. The van der Waals surface area contributed by atoms with E-state index in [0.717, 1.165) is 24.7 Å². The summed E-state index contributed by atoms with van der Waals surface area (Å²) in [6, 6.07) is 3.15. The van der Waals surface area contributed by atoms with Crippen LogP contribution >= 0.6 is 0 Å². The van der Waals surface area contributed by atoms with Crippen LogP contribution in [0, 0.1) is 0 Å². The lowest BCUT2D eigenvalue weighted by atomic mass is 10.0. The van der Waals surface area contributed by atoms with Crippen LogP contribution in [0.4, 0.5) is 0 Å². The maximum Gasteiger partial charge on any atom is 0.254 e. The summed E-state index contributed by atoms with van der Waals surface area (Å²) >= 11 is 0. The van der Waals surface area contributed by atoms with Crippen LogP contribution in [0.5, 0.6) is 5.88 Å². The highest BCUT2D eigenvalue weighted by atomic mass is 16.3. The van der Waals surface area contributed by atoms with Crippen LogP contribution in [0.1, 0.15) is 31.0 Å². The number of hydrogen-bond acceptors (Lipinski definition) is 4. The third-order valence-electron chi connectivity index (χ3n) is 3.12. The largest absolute Gasteiger partial charge is 0.493 e. The Morgan fingerprint density at radius 3 is 3.06 bits per heavy atom. The normalized spacial score (nSPS) is 20.8. The van der Waals surface area contributed by atoms with Gasteiger partial charge < -0.3 is 15.4 Å². The Balaban J connectivity index is 2.06. The zero-order chi connectivity index (χ0) is 11.8. The summed E-state index contributed by atoms with van der Waals surface area (Å²) in [5.41, 5.74) is 1.07. The van der Waals surface area contributed by atoms with Crippen molar-refractivity contribution in [3.05, 3.63) is 28.2 Å². The molecule has 1 saturated heterocycles. The monoisotopic (exact) mass is 234 g/mol. The molecule has 1 atom stereocenters. The Morgan fingerprint density at radius 1 is 1.41 bits per heavy atom. The fraction of sp³-hybridized carbons (Fsp3) is 0.455. The van der Waals surface area contributed by atoms with E-state index in [1.54, 1.807) is 0 Å². The Bertz CT molecular complexity index is 595. The second kappa shape index (κ2) is 3.89. The van der Waals surface area contributed by atoms with Crippen molar-refractivity contribution in [2.45, 2.75) is 25.3 Å². The highest BCUT2D eigenvalue weighted by Crippen LogP contribution is 2.23. The number of rotatable bonds is 1. The molecule has 90 valence electrons. The third kappa shape index (κ3) is 1.80. The lowest BCUT2D eigenvalue weighted by molar-refractivity contribution is 0.399. The summed E-state index contributed by atoms with van der Waals surface area (Å²) < 4.78 is 1.35. The zero-order valence-corrected chi connectivity index (χ0v) is 9.31. The molecule has 3 heterocycles. The first-order chi connectivity index (χ1) is 8.24. The molecule has 1 unspecified atom stereocenters. The summed E-state index contributed by atoms with van der Waals surface area (Å²) in [6.45, 7) is 0.987. The minimum absolute atomic E-state index is 0.134. The second-order valence-electron chi connectivity index (χ2n) is 4.36. The highest BCUT2D eigenvalue weighted by Gasteiger charge is 2.18. The summed E-state index contributed by atoms with van der Waals surface area (Å²) in [5.74, 6) is -0.134. The van der Waals surface area contributed by atoms with Gasteiger partial charge in [-0.25, -0.2) is 0 Å². The molecule has 0 aromatic carbocycles. The van der Waals surface area contributed by atoms with Gasteiger partial charge in [0.2, 0.25) is 5.88 Å². The summed E-state index contributed by atoms with van der Waals surface area (Å²) in [4.78, 5) is 13.9. The van der Waals surface area contributed by atoms with Crippen molar-refractivity contribution in [1.29, 1.82) is 0 Å². The lowest BCUT2D eigenvalue weighted by Crippen LogP contribution is -2.27. The van der Waals surface area contributed by atoms with E-state index in [1.807, 2.05) is 6.07 Å². The molecule has 3 rings (SSSR count). The third-order valence-corrected chi connectivity index (χ3v) is 3.12. The minimum atomic E-state index is -0.321. The van der Waals surface area contributed by atoms with Crippen LogP contribution in [-0.2, 0) is 0 Å². The van der Waals surface area contributed by atoms with Crippen molar-refractivity contribution in [1.82, 2.24) is 19.9 Å². The van der Waals surface area contributed by atoms with Crippen molar-refractivity contribution in [2.24, 2.45) is 0 Å². The lowest BCUT2D eigenvalue weighted by Gasteiger charge is -2.21. The Hall–Kier alpha value is -1.82. The van der Waals surface area contributed by atoms with Crippen LogP contribution in [0.15, 0.2) is 16.9 Å². The van der Waals surface area contributed by atoms with E-state index in [4.69, 9.17) is 0 Å². The van der Waals surface area contributed by atoms with Crippen LogP contribution in [0.25, 0.3) is 5.65 Å². The van der Waals surface area contributed by atoms with Gasteiger partial charge in [-0.05, 0) is 19.4 Å². The maximum absolute atomic E-state index is 11.2. The molecule has 0 saturated carbocycles. The fourth-order valence-corrected chi connectivity index (χ4v) is 2.28. The van der Waals surface area contributed by atoms with E-state index in [0.29, 0.717) is 5.65 Å². The van der Waals surface area contributed by atoms with E-state index < -0.39 is 0 Å². The van der Waals surface area contributed by atoms with Gasteiger partial charge in [0.1, 0.15) is 5.65 Å². The van der Waals surface area contributed by atoms with Gasteiger partial charge in [0.25, 0.3) is 5.56 Å². The highest BCUT2D eigenvalue weighted by molar-refractivity contribution is 5.42. The molecule has 1 aliphatic rings. The SMILES string of the molecule is O=c1cc(O)n2nc(C3CCCCN3)cc2[nH]1. The number of aromatic nitrogens is 3. The molecule has 2 aromatic rings. The summed E-state index contributed by atoms with van der Waals surface area (Å²) in [7, 11) is 0. The molecular weight excluding hydrogens is 220 g/mol. The molecule has 0 amide bonds. The van der Waals surface area contributed by atoms with Gasteiger partial charge in [-0.3, -0.25) is 4.79 Å². The summed E-state index contributed by atoms with van der Waals surface area (Å²) in [6.07, 6.45) is 3.40. The first-order valence-electron chi connectivity index (χ1n) is 5.79. The van der Waals surface area contributed by atoms with Gasteiger partial charge in [0, 0.05) is 6.07 Å². The first-order valence-corrected chi connectivity index (χ1v) is 5.79. The number of aromatic amines is 1. The maximum atomic E-state index is 11.2. The van der Waals surface area contributed by atoms with Gasteiger partial charge >= 0.3 is 0 Å². The van der Waals surface area contributed by atoms with Crippen molar-refractivity contribution < 1.29 is 5.11 Å². The summed E-state index contributed by atoms with van der Waals surface area (Å²) in [5, 5.41) is 17.3. The first kappa shape index (κ1) is 10.3. The van der Waals surface area contributed by atoms with Gasteiger partial charge in [0.05, 0.1) is 17.8 Å². The van der Waals surface area contributed by atoms with E-state index in [9.17, 15) is 9.90 Å². The van der Waals surface area contributed by atoms with E-state index in [1.165, 1.54) is 17.4 Å². The second-order valence-corrected chi connectivity index (χ2v) is 4.36. The number of aromatic hydroxyl groups is 1. The van der Waals surface area contributed by atoms with Gasteiger partial charge in [-0.2, -0.15) is 9.61 Å². The van der Waals surface area contributed by atoms with Crippen LogP contribution < -0.4 is 10.9 Å². The molecule has 6 heteroatoms. The van der Waals surface area contributed by atoms with E-state index in [-0.39, 0.29) is 17.5 Å². The van der Waals surface area contributed by atoms with Gasteiger partial charge in [-0.15, -0.1) is 0 Å². The standard InChI is InChI=1S/C11H14N4O2/c16-10-6-11(17)15-9(13-10)5-8(14-15)7-3-1-2-4-12-7/h5-7,12,17H,1-4H2,(H,13,16). The number of hydrogen-bond donors (Lipinski definition) is 3. The van der Waals surface area contributed by atoms with E-state index in [2.05, 4.69) is 15.4 Å². The molecule has 6 nitrogen and oxygen atoms in total. The number of piperidine rings is 1. The minimum Gasteiger partial charge on any atom is -0.493 e. The zero-order valence-electron chi connectivity index (χ0n) is 9.31. The molecule has 0 aliphatic carbocycles. The molecule has 0 bridgehead atoms. The van der Waals surface area contributed by atoms with Crippen LogP contribution in [0.3, 0.4) is 0 Å². The van der Waals surface area contributed by atoms with E-state index >= 15 is 0 Å². The van der Waals surface area contributed by atoms with Gasteiger partial charge in [0.15, 0.2) is 0 Å². The fourth-order valence-electron chi connectivity index (χ4n) is 2.28. The number of nitrogens with one attached hydrogen (secondary N) is 2. The van der Waals surface area contributed by atoms with Crippen LogP contribution in [0.2, 0.25) is 0 Å². The molecule has 17 heavy (non-hydrogen) atoms. The molecular formula is C11H14N4O2. The molecule has 0 radical (unpaired) electrons. The average Bonchev–Trinajstić information content (AvgIpc) is 2.74. The molecule has 3 N–H and O–H groups in total.